The van der Waals surface area contributed by atoms with Crippen LogP contribution in [0.25, 0.3) is 0 Å². The van der Waals surface area contributed by atoms with Crippen LogP contribution in [0.1, 0.15) is 20.3 Å². The van der Waals surface area contributed by atoms with Gasteiger partial charge in [0.2, 0.25) is 0 Å². The lowest BCUT2D eigenvalue weighted by atomic mass is 10.1. The summed E-state index contributed by atoms with van der Waals surface area (Å²) in [5, 5.41) is 13.0. The fourth-order valence-corrected chi connectivity index (χ4v) is 2.09. The predicted octanol–water partition coefficient (Wildman–Crippen LogP) is 1.64. The van der Waals surface area contributed by atoms with Crippen molar-refractivity contribution in [2.75, 3.05) is 37.7 Å². The van der Waals surface area contributed by atoms with Gasteiger partial charge in [0.05, 0.1) is 12.2 Å². The summed E-state index contributed by atoms with van der Waals surface area (Å²) in [6, 6.07) is 8.21. The van der Waals surface area contributed by atoms with Gasteiger partial charge in [-0.2, -0.15) is 0 Å². The molecule has 2 rings (SSSR count). The van der Waals surface area contributed by atoms with E-state index in [0.29, 0.717) is 13.0 Å². The Morgan fingerprint density at radius 3 is 2.42 bits per heavy atom. The van der Waals surface area contributed by atoms with Crippen molar-refractivity contribution in [1.29, 1.82) is 0 Å². The smallest absolute Gasteiger partial charge is 0.119 e. The summed E-state index contributed by atoms with van der Waals surface area (Å²) in [6.45, 7) is 8.33. The highest BCUT2D eigenvalue weighted by molar-refractivity contribution is 5.49. The van der Waals surface area contributed by atoms with E-state index in [-0.39, 0.29) is 0 Å². The molecule has 0 atom stereocenters. The molecule has 0 spiro atoms. The molecule has 1 aliphatic heterocycles. The monoisotopic (exact) mass is 264 g/mol. The van der Waals surface area contributed by atoms with Gasteiger partial charge in [-0.1, -0.05) is 0 Å². The minimum atomic E-state index is -0.666. The molecule has 1 aromatic rings. The van der Waals surface area contributed by atoms with Crippen LogP contribution in [-0.4, -0.2) is 43.5 Å². The van der Waals surface area contributed by atoms with Crippen molar-refractivity contribution in [2.45, 2.75) is 25.9 Å². The predicted molar refractivity (Wildman–Crippen MR) is 77.9 cm³/mol. The van der Waals surface area contributed by atoms with Gasteiger partial charge >= 0.3 is 0 Å². The van der Waals surface area contributed by atoms with Gasteiger partial charge in [-0.25, -0.2) is 0 Å². The molecule has 0 aliphatic carbocycles. The number of piperazine rings is 1. The highest BCUT2D eigenvalue weighted by Gasteiger charge is 2.12. The van der Waals surface area contributed by atoms with Crippen LogP contribution >= 0.6 is 0 Å². The molecule has 0 bridgehead atoms. The van der Waals surface area contributed by atoms with Crippen LogP contribution in [0.2, 0.25) is 0 Å². The van der Waals surface area contributed by atoms with E-state index in [1.54, 1.807) is 13.8 Å². The van der Waals surface area contributed by atoms with Crippen molar-refractivity contribution in [3.05, 3.63) is 24.3 Å². The van der Waals surface area contributed by atoms with E-state index in [0.717, 1.165) is 31.9 Å². The molecule has 2 N–H and O–H groups in total. The normalized spacial score (nSPS) is 16.5. The van der Waals surface area contributed by atoms with Gasteiger partial charge in [0.15, 0.2) is 0 Å². The number of aliphatic hydroxyl groups is 1. The number of benzene rings is 1. The van der Waals surface area contributed by atoms with E-state index in [1.165, 1.54) is 5.69 Å². The zero-order valence-electron chi connectivity index (χ0n) is 11.9. The van der Waals surface area contributed by atoms with Crippen molar-refractivity contribution in [3.8, 4) is 5.75 Å². The lowest BCUT2D eigenvalue weighted by molar-refractivity contribution is 0.0553. The first-order valence-corrected chi connectivity index (χ1v) is 6.95. The summed E-state index contributed by atoms with van der Waals surface area (Å²) in [5.41, 5.74) is 0.581. The van der Waals surface area contributed by atoms with Crippen LogP contribution in [0.5, 0.6) is 5.75 Å². The molecule has 0 aromatic heterocycles. The Kier molecular flexibility index (Phi) is 4.66. The molecule has 4 heteroatoms. The third-order valence-corrected chi connectivity index (χ3v) is 3.30. The molecule has 19 heavy (non-hydrogen) atoms. The minimum Gasteiger partial charge on any atom is -0.493 e. The molecule has 0 saturated carbocycles. The molecule has 0 amide bonds. The largest absolute Gasteiger partial charge is 0.493 e. The average molecular weight is 264 g/mol. The minimum absolute atomic E-state index is 0.538. The van der Waals surface area contributed by atoms with E-state index in [9.17, 15) is 5.11 Å². The van der Waals surface area contributed by atoms with Gasteiger partial charge in [-0.05, 0) is 38.1 Å². The molecular formula is C15H24N2O2. The molecule has 1 aromatic carbocycles. The molecule has 106 valence electrons. The first-order valence-electron chi connectivity index (χ1n) is 6.95. The Morgan fingerprint density at radius 1 is 1.21 bits per heavy atom. The summed E-state index contributed by atoms with van der Waals surface area (Å²) in [6.07, 6.45) is 0.631. The van der Waals surface area contributed by atoms with Crippen LogP contribution in [0.15, 0.2) is 24.3 Å². The molecule has 0 unspecified atom stereocenters. The van der Waals surface area contributed by atoms with Gasteiger partial charge in [0, 0.05) is 38.3 Å². The van der Waals surface area contributed by atoms with Gasteiger partial charge in [-0.15, -0.1) is 0 Å². The second-order valence-electron chi connectivity index (χ2n) is 5.64. The van der Waals surface area contributed by atoms with Gasteiger partial charge in [0.1, 0.15) is 5.75 Å². The number of nitrogens with zero attached hydrogens (tertiary/aromatic N) is 1. The Labute approximate surface area is 115 Å². The summed E-state index contributed by atoms with van der Waals surface area (Å²) in [5.74, 6) is 0.864. The number of ether oxygens (including phenoxy) is 1. The number of rotatable bonds is 5. The van der Waals surface area contributed by atoms with Gasteiger partial charge in [0.25, 0.3) is 0 Å². The lowest BCUT2D eigenvalue weighted by Gasteiger charge is -2.29. The molecule has 1 heterocycles. The highest BCUT2D eigenvalue weighted by atomic mass is 16.5. The van der Waals surface area contributed by atoms with Crippen molar-refractivity contribution >= 4 is 5.69 Å². The second kappa shape index (κ2) is 6.26. The summed E-state index contributed by atoms with van der Waals surface area (Å²) in [4.78, 5) is 2.37. The summed E-state index contributed by atoms with van der Waals surface area (Å²) in [7, 11) is 0. The molecular weight excluding hydrogens is 240 g/mol. The standard InChI is InChI=1S/C15H24N2O2/c1-15(2,18)7-12-19-14-5-3-13(4-6-14)17-10-8-16-9-11-17/h3-6,16,18H,7-12H2,1-2H3. The zero-order chi connectivity index (χ0) is 13.7. The zero-order valence-corrected chi connectivity index (χ0v) is 11.9. The van der Waals surface area contributed by atoms with Gasteiger partial charge < -0.3 is 20.1 Å². The fraction of sp³-hybridized carbons (Fsp3) is 0.600. The molecule has 4 nitrogen and oxygen atoms in total. The first-order chi connectivity index (χ1) is 9.04. The van der Waals surface area contributed by atoms with Crippen LogP contribution in [-0.2, 0) is 0 Å². The third-order valence-electron chi connectivity index (χ3n) is 3.30. The van der Waals surface area contributed by atoms with Gasteiger partial charge in [-0.3, -0.25) is 0 Å². The SMILES string of the molecule is CC(C)(O)CCOc1ccc(N2CCNCC2)cc1. The van der Waals surface area contributed by atoms with E-state index in [4.69, 9.17) is 4.74 Å². The maximum Gasteiger partial charge on any atom is 0.119 e. The molecule has 1 aliphatic rings. The quantitative estimate of drug-likeness (QED) is 0.848. The van der Waals surface area contributed by atoms with Crippen molar-refractivity contribution in [1.82, 2.24) is 5.32 Å². The van der Waals surface area contributed by atoms with Crippen LogP contribution in [0.4, 0.5) is 5.69 Å². The molecule has 1 saturated heterocycles. The Morgan fingerprint density at radius 2 is 1.84 bits per heavy atom. The number of anilines is 1. The van der Waals surface area contributed by atoms with E-state index < -0.39 is 5.60 Å². The number of hydrogen-bond donors (Lipinski definition) is 2. The lowest BCUT2D eigenvalue weighted by Crippen LogP contribution is -2.43. The highest BCUT2D eigenvalue weighted by Crippen LogP contribution is 2.20. The number of hydrogen-bond acceptors (Lipinski definition) is 4. The maximum absolute atomic E-state index is 9.62. The Hall–Kier alpha value is -1.26. The Bertz CT molecular complexity index is 378. The first kappa shape index (κ1) is 14.2. The molecule has 1 fully saturated rings. The number of nitrogens with one attached hydrogen (secondary N) is 1. The fourth-order valence-electron chi connectivity index (χ4n) is 2.09. The van der Waals surface area contributed by atoms with Crippen molar-refractivity contribution in [3.63, 3.8) is 0 Å². The van der Waals surface area contributed by atoms with Crippen LogP contribution in [0.3, 0.4) is 0 Å². The second-order valence-corrected chi connectivity index (χ2v) is 5.64. The van der Waals surface area contributed by atoms with Crippen LogP contribution in [0, 0.1) is 0 Å². The maximum atomic E-state index is 9.62. The van der Waals surface area contributed by atoms with Crippen LogP contribution < -0.4 is 15.0 Å². The van der Waals surface area contributed by atoms with E-state index in [2.05, 4.69) is 22.3 Å². The van der Waals surface area contributed by atoms with E-state index in [1.807, 2.05) is 12.1 Å². The summed E-state index contributed by atoms with van der Waals surface area (Å²) >= 11 is 0. The van der Waals surface area contributed by atoms with E-state index >= 15 is 0 Å². The third kappa shape index (κ3) is 4.73. The summed E-state index contributed by atoms with van der Waals surface area (Å²) < 4.78 is 5.63. The molecule has 0 radical (unpaired) electrons. The van der Waals surface area contributed by atoms with Crippen molar-refractivity contribution < 1.29 is 9.84 Å². The Balaban J connectivity index is 1.84. The average Bonchev–Trinajstić information content (AvgIpc) is 2.39. The van der Waals surface area contributed by atoms with Crippen molar-refractivity contribution in [2.24, 2.45) is 0 Å². The topological polar surface area (TPSA) is 44.7 Å².